The van der Waals surface area contributed by atoms with E-state index in [1.807, 2.05) is 0 Å². The highest BCUT2D eigenvalue weighted by molar-refractivity contribution is 6.31. The lowest BCUT2D eigenvalue weighted by molar-refractivity contribution is 0.417. The molecule has 3 rings (SSSR count). The van der Waals surface area contributed by atoms with Crippen LogP contribution < -0.4 is 15.4 Å². The van der Waals surface area contributed by atoms with Gasteiger partial charge in [0, 0.05) is 16.8 Å². The van der Waals surface area contributed by atoms with Crippen molar-refractivity contribution in [2.24, 2.45) is 0 Å². The first-order chi connectivity index (χ1) is 12.0. The van der Waals surface area contributed by atoms with Crippen LogP contribution in [0, 0.1) is 12.7 Å². The zero-order valence-corrected chi connectivity index (χ0v) is 14.4. The largest absolute Gasteiger partial charge is 0.495 e. The molecule has 0 saturated heterocycles. The van der Waals surface area contributed by atoms with Gasteiger partial charge in [0.1, 0.15) is 29.0 Å². The molecule has 0 aliphatic rings. The average molecular weight is 359 g/mol. The summed E-state index contributed by atoms with van der Waals surface area (Å²) in [5.41, 5.74) is 1.29. The van der Waals surface area contributed by atoms with E-state index in [-0.39, 0.29) is 5.82 Å². The number of anilines is 4. The van der Waals surface area contributed by atoms with Gasteiger partial charge < -0.3 is 15.4 Å². The van der Waals surface area contributed by atoms with E-state index in [1.165, 1.54) is 12.1 Å². The number of rotatable bonds is 5. The van der Waals surface area contributed by atoms with Gasteiger partial charge >= 0.3 is 0 Å². The quantitative estimate of drug-likeness (QED) is 0.666. The van der Waals surface area contributed by atoms with Gasteiger partial charge in [-0.3, -0.25) is 0 Å². The molecule has 128 valence electrons. The van der Waals surface area contributed by atoms with Crippen molar-refractivity contribution in [3.8, 4) is 5.75 Å². The Bertz CT molecular complexity index is 904. The Morgan fingerprint density at radius 2 is 1.76 bits per heavy atom. The van der Waals surface area contributed by atoms with Gasteiger partial charge in [-0.05, 0) is 43.3 Å². The third kappa shape index (κ3) is 4.36. The Kier molecular flexibility index (Phi) is 5.00. The van der Waals surface area contributed by atoms with Crippen LogP contribution in [-0.4, -0.2) is 17.1 Å². The van der Waals surface area contributed by atoms with Gasteiger partial charge in [-0.25, -0.2) is 14.4 Å². The lowest BCUT2D eigenvalue weighted by Crippen LogP contribution is -2.02. The number of nitrogens with one attached hydrogen (secondary N) is 2. The Morgan fingerprint density at radius 3 is 2.48 bits per heavy atom. The Morgan fingerprint density at radius 1 is 1.00 bits per heavy atom. The summed E-state index contributed by atoms with van der Waals surface area (Å²) < 4.78 is 18.6. The third-order valence-corrected chi connectivity index (χ3v) is 3.59. The maximum Gasteiger partial charge on any atom is 0.142 e. The zero-order valence-electron chi connectivity index (χ0n) is 13.7. The van der Waals surface area contributed by atoms with E-state index in [0.29, 0.717) is 39.6 Å². The molecule has 2 aromatic carbocycles. The minimum Gasteiger partial charge on any atom is -0.495 e. The van der Waals surface area contributed by atoms with Gasteiger partial charge in [-0.2, -0.15) is 0 Å². The standard InChI is InChI=1S/C18H16ClFN4O/c1-11-21-17(23-14-5-3-4-13(20)9-14)10-18(22-11)24-15-8-12(19)6-7-16(15)25-2/h3-10H,1-2H3,(H2,21,22,23,24). The van der Waals surface area contributed by atoms with E-state index >= 15 is 0 Å². The number of aromatic nitrogens is 2. The van der Waals surface area contributed by atoms with Crippen molar-refractivity contribution in [3.63, 3.8) is 0 Å². The maximum atomic E-state index is 13.3. The van der Waals surface area contributed by atoms with Crippen LogP contribution in [0.5, 0.6) is 5.75 Å². The van der Waals surface area contributed by atoms with Crippen LogP contribution >= 0.6 is 11.6 Å². The molecule has 0 fully saturated rings. The molecule has 0 saturated carbocycles. The molecule has 1 heterocycles. The second-order valence-corrected chi connectivity index (χ2v) is 5.73. The monoisotopic (exact) mass is 358 g/mol. The van der Waals surface area contributed by atoms with Crippen molar-refractivity contribution in [3.05, 3.63) is 65.2 Å². The summed E-state index contributed by atoms with van der Waals surface area (Å²) in [4.78, 5) is 8.68. The number of hydrogen-bond acceptors (Lipinski definition) is 5. The summed E-state index contributed by atoms with van der Waals surface area (Å²) in [5.74, 6) is 1.98. The molecule has 0 amide bonds. The first-order valence-electron chi connectivity index (χ1n) is 7.52. The van der Waals surface area contributed by atoms with Gasteiger partial charge in [0.2, 0.25) is 0 Å². The van der Waals surface area contributed by atoms with E-state index in [9.17, 15) is 4.39 Å². The van der Waals surface area contributed by atoms with Crippen LogP contribution in [-0.2, 0) is 0 Å². The lowest BCUT2D eigenvalue weighted by atomic mass is 10.3. The molecule has 0 unspecified atom stereocenters. The van der Waals surface area contributed by atoms with Crippen LogP contribution in [0.1, 0.15) is 5.82 Å². The molecule has 0 radical (unpaired) electrons. The van der Waals surface area contributed by atoms with Crippen LogP contribution in [0.2, 0.25) is 5.02 Å². The third-order valence-electron chi connectivity index (χ3n) is 3.36. The maximum absolute atomic E-state index is 13.3. The van der Waals surface area contributed by atoms with E-state index in [2.05, 4.69) is 20.6 Å². The zero-order chi connectivity index (χ0) is 17.8. The predicted octanol–water partition coefficient (Wildman–Crippen LogP) is 5.07. The summed E-state index contributed by atoms with van der Waals surface area (Å²) in [6, 6.07) is 13.1. The Labute approximate surface area is 149 Å². The summed E-state index contributed by atoms with van der Waals surface area (Å²) in [7, 11) is 1.58. The molecule has 0 atom stereocenters. The lowest BCUT2D eigenvalue weighted by Gasteiger charge is -2.13. The normalized spacial score (nSPS) is 10.4. The minimum absolute atomic E-state index is 0.321. The molecule has 25 heavy (non-hydrogen) atoms. The molecule has 1 aromatic heterocycles. The molecular formula is C18H16ClFN4O. The van der Waals surface area contributed by atoms with Gasteiger partial charge in [0.15, 0.2) is 0 Å². The number of aryl methyl sites for hydroxylation is 1. The highest BCUT2D eigenvalue weighted by Crippen LogP contribution is 2.30. The van der Waals surface area contributed by atoms with E-state index < -0.39 is 0 Å². The highest BCUT2D eigenvalue weighted by Gasteiger charge is 2.08. The number of ether oxygens (including phenoxy) is 1. The first kappa shape index (κ1) is 17.0. The molecule has 0 bridgehead atoms. The number of benzene rings is 2. The van der Waals surface area contributed by atoms with E-state index in [4.69, 9.17) is 16.3 Å². The summed E-state index contributed by atoms with van der Waals surface area (Å²) in [6.07, 6.45) is 0. The molecule has 3 aromatic rings. The topological polar surface area (TPSA) is 59.1 Å². The Balaban J connectivity index is 1.88. The molecule has 5 nitrogen and oxygen atoms in total. The van der Waals surface area contributed by atoms with Crippen molar-refractivity contribution < 1.29 is 9.13 Å². The molecule has 0 aliphatic heterocycles. The second kappa shape index (κ2) is 7.36. The fourth-order valence-corrected chi connectivity index (χ4v) is 2.50. The molecule has 2 N–H and O–H groups in total. The molecule has 7 heteroatoms. The predicted molar refractivity (Wildman–Crippen MR) is 97.7 cm³/mol. The first-order valence-corrected chi connectivity index (χ1v) is 7.90. The van der Waals surface area contributed by atoms with Crippen LogP contribution in [0.3, 0.4) is 0 Å². The van der Waals surface area contributed by atoms with Gasteiger partial charge in [0.25, 0.3) is 0 Å². The molecule has 0 spiro atoms. The van der Waals surface area contributed by atoms with Crippen molar-refractivity contribution in [2.45, 2.75) is 6.92 Å². The van der Waals surface area contributed by atoms with Crippen LogP contribution in [0.25, 0.3) is 0 Å². The summed E-state index contributed by atoms with van der Waals surface area (Å²) in [5, 5.41) is 6.81. The summed E-state index contributed by atoms with van der Waals surface area (Å²) in [6.45, 7) is 1.77. The highest BCUT2D eigenvalue weighted by atomic mass is 35.5. The fourth-order valence-electron chi connectivity index (χ4n) is 2.33. The second-order valence-electron chi connectivity index (χ2n) is 5.29. The van der Waals surface area contributed by atoms with Crippen molar-refractivity contribution in [2.75, 3.05) is 17.7 Å². The number of halogens is 2. The van der Waals surface area contributed by atoms with Gasteiger partial charge in [0.05, 0.1) is 12.8 Å². The molecular weight excluding hydrogens is 343 g/mol. The van der Waals surface area contributed by atoms with Crippen LogP contribution in [0.15, 0.2) is 48.5 Å². The van der Waals surface area contributed by atoms with E-state index in [1.54, 1.807) is 50.4 Å². The SMILES string of the molecule is COc1ccc(Cl)cc1Nc1cc(Nc2cccc(F)c2)nc(C)n1. The minimum atomic E-state index is -0.321. The average Bonchev–Trinajstić information content (AvgIpc) is 2.54. The Hall–Kier alpha value is -2.86. The fraction of sp³-hybridized carbons (Fsp3) is 0.111. The number of hydrogen-bond donors (Lipinski definition) is 2. The van der Waals surface area contributed by atoms with Gasteiger partial charge in [-0.1, -0.05) is 17.7 Å². The van der Waals surface area contributed by atoms with Crippen molar-refractivity contribution in [1.82, 2.24) is 9.97 Å². The smallest absolute Gasteiger partial charge is 0.142 e. The van der Waals surface area contributed by atoms with Crippen molar-refractivity contribution >= 4 is 34.6 Å². The van der Waals surface area contributed by atoms with Crippen LogP contribution in [0.4, 0.5) is 27.4 Å². The number of methoxy groups -OCH3 is 1. The van der Waals surface area contributed by atoms with E-state index in [0.717, 1.165) is 0 Å². The number of nitrogens with zero attached hydrogens (tertiary/aromatic N) is 2. The van der Waals surface area contributed by atoms with Crippen molar-refractivity contribution in [1.29, 1.82) is 0 Å². The molecule has 0 aliphatic carbocycles. The summed E-state index contributed by atoms with van der Waals surface area (Å²) >= 11 is 6.05. The van der Waals surface area contributed by atoms with Gasteiger partial charge in [-0.15, -0.1) is 0 Å².